The number of hydrogen-bond donors (Lipinski definition) is 2. The number of nitrogens with zero attached hydrogens (tertiary/aromatic N) is 1. The fraction of sp³-hybridized carbons (Fsp3) is 0.167. The molecule has 0 atom stereocenters. The number of nitro benzene ring substituents is 1. The van der Waals surface area contributed by atoms with Gasteiger partial charge in [0.2, 0.25) is 10.0 Å². The smallest absolute Gasteiger partial charge is 0.292 e. The molecule has 0 spiro atoms. The third-order valence-electron chi connectivity index (χ3n) is 2.76. The van der Waals surface area contributed by atoms with Gasteiger partial charge in [-0.3, -0.25) is 10.1 Å². The van der Waals surface area contributed by atoms with Crippen LogP contribution in [0.25, 0.3) is 0 Å². The minimum absolute atomic E-state index is 0.0954. The van der Waals surface area contributed by atoms with Crippen molar-refractivity contribution in [1.29, 1.82) is 0 Å². The van der Waals surface area contributed by atoms with Crippen LogP contribution in [0, 0.1) is 10.1 Å². The van der Waals surface area contributed by atoms with Gasteiger partial charge in [0.25, 0.3) is 5.69 Å². The summed E-state index contributed by atoms with van der Waals surface area (Å²) in [7, 11) is -3.92. The second-order valence-electron chi connectivity index (χ2n) is 4.24. The number of furan rings is 1. The SMILES string of the molecule is NS(=O)(=O)c1ccc([N+](=O)[O-])c(NCCc2ccco2)c1. The maximum absolute atomic E-state index is 11.3. The normalized spacial score (nSPS) is 11.3. The first-order valence-corrected chi connectivity index (χ1v) is 7.50. The van der Waals surface area contributed by atoms with Crippen molar-refractivity contribution < 1.29 is 17.8 Å². The molecular formula is C12H13N3O5S. The zero-order valence-electron chi connectivity index (χ0n) is 10.9. The molecule has 0 bridgehead atoms. The van der Waals surface area contributed by atoms with Gasteiger partial charge in [-0.15, -0.1) is 0 Å². The molecule has 0 aliphatic rings. The van der Waals surface area contributed by atoms with Gasteiger partial charge < -0.3 is 9.73 Å². The summed E-state index contributed by atoms with van der Waals surface area (Å²) in [6.07, 6.45) is 2.03. The second kappa shape index (κ2) is 5.94. The fourth-order valence-electron chi connectivity index (χ4n) is 1.77. The van der Waals surface area contributed by atoms with E-state index in [1.807, 2.05) is 0 Å². The number of nitrogens with one attached hydrogen (secondary N) is 1. The lowest BCUT2D eigenvalue weighted by Crippen LogP contribution is -2.13. The van der Waals surface area contributed by atoms with E-state index in [1.165, 1.54) is 6.26 Å². The highest BCUT2D eigenvalue weighted by atomic mass is 32.2. The van der Waals surface area contributed by atoms with E-state index < -0.39 is 14.9 Å². The quantitative estimate of drug-likeness (QED) is 0.614. The molecule has 3 N–H and O–H groups in total. The number of nitrogens with two attached hydrogens (primary N) is 1. The van der Waals surface area contributed by atoms with E-state index in [4.69, 9.17) is 9.56 Å². The Morgan fingerprint density at radius 3 is 2.67 bits per heavy atom. The molecular weight excluding hydrogens is 298 g/mol. The molecule has 0 amide bonds. The molecule has 0 saturated carbocycles. The van der Waals surface area contributed by atoms with Crippen molar-refractivity contribution in [3.63, 3.8) is 0 Å². The average Bonchev–Trinajstić information content (AvgIpc) is 2.90. The molecule has 2 aromatic rings. The van der Waals surface area contributed by atoms with Gasteiger partial charge in [0, 0.05) is 19.0 Å². The van der Waals surface area contributed by atoms with Crippen LogP contribution >= 0.6 is 0 Å². The summed E-state index contributed by atoms with van der Waals surface area (Å²) in [6, 6.07) is 6.87. The molecule has 0 aliphatic carbocycles. The van der Waals surface area contributed by atoms with Crippen molar-refractivity contribution in [3.05, 3.63) is 52.5 Å². The zero-order chi connectivity index (χ0) is 15.5. The number of rotatable bonds is 6. The fourth-order valence-corrected chi connectivity index (χ4v) is 2.31. The number of benzene rings is 1. The van der Waals surface area contributed by atoms with Crippen molar-refractivity contribution in [3.8, 4) is 0 Å². The molecule has 0 radical (unpaired) electrons. The number of sulfonamides is 1. The van der Waals surface area contributed by atoms with Gasteiger partial charge in [-0.1, -0.05) is 0 Å². The summed E-state index contributed by atoms with van der Waals surface area (Å²) < 4.78 is 27.7. The van der Waals surface area contributed by atoms with E-state index in [-0.39, 0.29) is 16.3 Å². The highest BCUT2D eigenvalue weighted by molar-refractivity contribution is 7.89. The minimum atomic E-state index is -3.92. The maximum Gasteiger partial charge on any atom is 0.292 e. The first-order valence-electron chi connectivity index (χ1n) is 5.95. The van der Waals surface area contributed by atoms with E-state index in [0.717, 1.165) is 18.2 Å². The van der Waals surface area contributed by atoms with E-state index in [2.05, 4.69) is 5.32 Å². The summed E-state index contributed by atoms with van der Waals surface area (Å²) in [5.41, 5.74) is -0.125. The van der Waals surface area contributed by atoms with Gasteiger partial charge in [-0.05, 0) is 24.3 Å². The predicted molar refractivity (Wildman–Crippen MR) is 75.4 cm³/mol. The van der Waals surface area contributed by atoms with Crippen LogP contribution in [-0.2, 0) is 16.4 Å². The lowest BCUT2D eigenvalue weighted by Gasteiger charge is -2.08. The average molecular weight is 311 g/mol. The van der Waals surface area contributed by atoms with Gasteiger partial charge in [0.05, 0.1) is 16.1 Å². The Balaban J connectivity index is 2.20. The van der Waals surface area contributed by atoms with E-state index in [9.17, 15) is 18.5 Å². The largest absolute Gasteiger partial charge is 0.469 e. The third-order valence-corrected chi connectivity index (χ3v) is 3.67. The van der Waals surface area contributed by atoms with Gasteiger partial charge in [0.1, 0.15) is 11.4 Å². The summed E-state index contributed by atoms with van der Waals surface area (Å²) >= 11 is 0. The molecule has 21 heavy (non-hydrogen) atoms. The van der Waals surface area contributed by atoms with Crippen LogP contribution in [0.3, 0.4) is 0 Å². The lowest BCUT2D eigenvalue weighted by molar-refractivity contribution is -0.384. The summed E-state index contributed by atoms with van der Waals surface area (Å²) in [5.74, 6) is 0.716. The Labute approximate surface area is 120 Å². The third kappa shape index (κ3) is 3.80. The molecule has 1 aromatic carbocycles. The monoisotopic (exact) mass is 311 g/mol. The first kappa shape index (κ1) is 15.0. The van der Waals surface area contributed by atoms with Crippen LogP contribution in [0.4, 0.5) is 11.4 Å². The van der Waals surface area contributed by atoms with Crippen molar-refractivity contribution in [2.75, 3.05) is 11.9 Å². The topological polar surface area (TPSA) is 128 Å². The number of anilines is 1. The summed E-state index contributed by atoms with van der Waals surface area (Å²) in [6.45, 7) is 0.350. The first-order chi connectivity index (χ1) is 9.88. The van der Waals surface area contributed by atoms with Crippen LogP contribution in [-0.4, -0.2) is 19.9 Å². The molecule has 0 fully saturated rings. The van der Waals surface area contributed by atoms with E-state index in [0.29, 0.717) is 18.7 Å². The molecule has 0 saturated heterocycles. The molecule has 9 heteroatoms. The van der Waals surface area contributed by atoms with Crippen LogP contribution in [0.15, 0.2) is 45.9 Å². The Kier molecular flexibility index (Phi) is 4.24. The maximum atomic E-state index is 11.3. The zero-order valence-corrected chi connectivity index (χ0v) is 11.7. The van der Waals surface area contributed by atoms with Crippen LogP contribution in [0.2, 0.25) is 0 Å². The van der Waals surface area contributed by atoms with Gasteiger partial charge in [-0.25, -0.2) is 13.6 Å². The van der Waals surface area contributed by atoms with Crippen LogP contribution in [0.1, 0.15) is 5.76 Å². The van der Waals surface area contributed by atoms with Crippen molar-refractivity contribution in [2.45, 2.75) is 11.3 Å². The second-order valence-corrected chi connectivity index (χ2v) is 5.80. The standard InChI is InChI=1S/C12H13N3O5S/c13-21(18,19)10-3-4-12(15(16)17)11(8-10)14-6-5-9-2-1-7-20-9/h1-4,7-8,14H,5-6H2,(H2,13,18,19). The molecule has 1 heterocycles. The number of nitro groups is 1. The molecule has 1 aromatic heterocycles. The Morgan fingerprint density at radius 2 is 2.10 bits per heavy atom. The molecule has 0 unspecified atom stereocenters. The highest BCUT2D eigenvalue weighted by Gasteiger charge is 2.17. The van der Waals surface area contributed by atoms with Crippen molar-refractivity contribution >= 4 is 21.4 Å². The van der Waals surface area contributed by atoms with E-state index >= 15 is 0 Å². The molecule has 2 rings (SSSR count). The van der Waals surface area contributed by atoms with Gasteiger partial charge >= 0.3 is 0 Å². The summed E-state index contributed by atoms with van der Waals surface area (Å²) in [5, 5.41) is 18.8. The molecule has 112 valence electrons. The lowest BCUT2D eigenvalue weighted by atomic mass is 10.2. The van der Waals surface area contributed by atoms with Crippen LogP contribution in [0.5, 0.6) is 0 Å². The number of hydrogen-bond acceptors (Lipinski definition) is 6. The highest BCUT2D eigenvalue weighted by Crippen LogP contribution is 2.27. The minimum Gasteiger partial charge on any atom is -0.469 e. The van der Waals surface area contributed by atoms with Crippen molar-refractivity contribution in [2.24, 2.45) is 5.14 Å². The Bertz CT molecular complexity index is 740. The molecule has 8 nitrogen and oxygen atoms in total. The Morgan fingerprint density at radius 1 is 1.33 bits per heavy atom. The molecule has 0 aliphatic heterocycles. The van der Waals surface area contributed by atoms with Crippen LogP contribution < -0.4 is 10.5 Å². The van der Waals surface area contributed by atoms with Gasteiger partial charge in [0.15, 0.2) is 0 Å². The van der Waals surface area contributed by atoms with Crippen molar-refractivity contribution in [1.82, 2.24) is 0 Å². The number of primary sulfonamides is 1. The van der Waals surface area contributed by atoms with Gasteiger partial charge in [-0.2, -0.15) is 0 Å². The Hall–Kier alpha value is -2.39. The predicted octanol–water partition coefficient (Wildman–Crippen LogP) is 1.49. The van der Waals surface area contributed by atoms with E-state index in [1.54, 1.807) is 12.1 Å². The summed E-state index contributed by atoms with van der Waals surface area (Å²) in [4.78, 5) is 10.2.